The van der Waals surface area contributed by atoms with E-state index in [1.165, 1.54) is 0 Å². The Morgan fingerprint density at radius 3 is 2.65 bits per heavy atom. The van der Waals surface area contributed by atoms with Gasteiger partial charge in [-0.25, -0.2) is 9.37 Å². The highest BCUT2D eigenvalue weighted by molar-refractivity contribution is 5.85. The minimum atomic E-state index is -1.11. The number of aromatic nitrogens is 1. The van der Waals surface area contributed by atoms with E-state index in [-0.39, 0.29) is 12.4 Å². The highest BCUT2D eigenvalue weighted by atomic mass is 35.5. The van der Waals surface area contributed by atoms with Crippen molar-refractivity contribution < 1.29 is 4.39 Å². The molecule has 1 saturated heterocycles. The number of nitrogens with zero attached hydrogens (tertiary/aromatic N) is 2. The molecule has 92 valence electrons. The van der Waals surface area contributed by atoms with E-state index < -0.39 is 5.67 Å². The number of hydrogen-bond donors (Lipinski definition) is 1. The van der Waals surface area contributed by atoms with E-state index in [0.717, 1.165) is 18.7 Å². The summed E-state index contributed by atoms with van der Waals surface area (Å²) in [5.74, 6) is 0. The Kier molecular flexibility index (Phi) is 4.86. The molecule has 0 spiro atoms. The van der Waals surface area contributed by atoms with Crippen LogP contribution >= 0.6 is 12.4 Å². The van der Waals surface area contributed by atoms with Gasteiger partial charge in [-0.15, -0.1) is 12.4 Å². The maximum atomic E-state index is 14.3. The Bertz CT molecular complexity index is 393. The van der Waals surface area contributed by atoms with Gasteiger partial charge in [-0.1, -0.05) is 6.07 Å². The monoisotopic (exact) mass is 255 g/mol. The standard InChI is InChI=1S/C12H14FN3.ClH/c13-12(3-5-15-6-4-12)7-10-1-2-11(8-14)16-9-10;/h1-2,9,15H,3-7H2;1H. The topological polar surface area (TPSA) is 48.7 Å². The molecule has 1 aromatic rings. The van der Waals surface area contributed by atoms with Crippen molar-refractivity contribution in [2.75, 3.05) is 13.1 Å². The molecule has 0 aromatic carbocycles. The van der Waals surface area contributed by atoms with Crippen molar-refractivity contribution in [3.63, 3.8) is 0 Å². The predicted octanol–water partition coefficient (Wildman–Crippen LogP) is 2.01. The number of rotatable bonds is 2. The van der Waals surface area contributed by atoms with Crippen LogP contribution in [0.3, 0.4) is 0 Å². The molecule has 1 aliphatic rings. The number of hydrogen-bond acceptors (Lipinski definition) is 3. The minimum absolute atomic E-state index is 0. The fourth-order valence-corrected chi connectivity index (χ4v) is 2.01. The molecule has 1 aliphatic heterocycles. The van der Waals surface area contributed by atoms with Gasteiger partial charge in [0, 0.05) is 12.6 Å². The van der Waals surface area contributed by atoms with Crippen LogP contribution < -0.4 is 5.32 Å². The molecule has 0 unspecified atom stereocenters. The predicted molar refractivity (Wildman–Crippen MR) is 65.8 cm³/mol. The largest absolute Gasteiger partial charge is 0.316 e. The molecule has 1 aromatic heterocycles. The summed E-state index contributed by atoms with van der Waals surface area (Å²) in [6.45, 7) is 1.47. The fourth-order valence-electron chi connectivity index (χ4n) is 2.01. The average Bonchev–Trinajstić information content (AvgIpc) is 2.30. The normalized spacial score (nSPS) is 17.9. The molecule has 2 heterocycles. The van der Waals surface area contributed by atoms with E-state index in [9.17, 15) is 4.39 Å². The molecule has 2 rings (SSSR count). The van der Waals surface area contributed by atoms with Crippen molar-refractivity contribution in [1.82, 2.24) is 10.3 Å². The number of piperidine rings is 1. The second kappa shape index (κ2) is 5.95. The van der Waals surface area contributed by atoms with Gasteiger partial charge in [0.25, 0.3) is 0 Å². The van der Waals surface area contributed by atoms with Gasteiger partial charge >= 0.3 is 0 Å². The summed E-state index contributed by atoms with van der Waals surface area (Å²) in [5, 5.41) is 11.8. The lowest BCUT2D eigenvalue weighted by Gasteiger charge is -2.29. The summed E-state index contributed by atoms with van der Waals surface area (Å²) in [4.78, 5) is 3.95. The van der Waals surface area contributed by atoms with Crippen LogP contribution in [0, 0.1) is 11.3 Å². The van der Waals surface area contributed by atoms with E-state index in [4.69, 9.17) is 5.26 Å². The first kappa shape index (κ1) is 13.9. The maximum absolute atomic E-state index is 14.3. The van der Waals surface area contributed by atoms with Crippen molar-refractivity contribution in [2.24, 2.45) is 0 Å². The molecule has 0 amide bonds. The number of nitriles is 1. The van der Waals surface area contributed by atoms with E-state index in [0.29, 0.717) is 25.0 Å². The first-order valence-corrected chi connectivity index (χ1v) is 5.47. The number of alkyl halides is 1. The van der Waals surface area contributed by atoms with Crippen molar-refractivity contribution in [1.29, 1.82) is 5.26 Å². The third-order valence-electron chi connectivity index (χ3n) is 2.96. The Morgan fingerprint density at radius 2 is 2.12 bits per heavy atom. The number of halogens is 2. The van der Waals surface area contributed by atoms with Crippen LogP contribution in [0.1, 0.15) is 24.1 Å². The zero-order chi connectivity index (χ0) is 11.4. The summed E-state index contributed by atoms with van der Waals surface area (Å²) < 4.78 is 14.3. The molecule has 0 saturated carbocycles. The van der Waals surface area contributed by atoms with Gasteiger partial charge in [-0.05, 0) is 37.6 Å². The smallest absolute Gasteiger partial charge is 0.140 e. The van der Waals surface area contributed by atoms with Gasteiger partial charge in [-0.2, -0.15) is 5.26 Å². The van der Waals surface area contributed by atoms with E-state index in [1.54, 1.807) is 18.3 Å². The molecular formula is C12H15ClFN3. The first-order chi connectivity index (χ1) is 7.72. The van der Waals surface area contributed by atoms with Crippen LogP contribution in [0.4, 0.5) is 4.39 Å². The Balaban J connectivity index is 0.00000144. The second-order valence-electron chi connectivity index (χ2n) is 4.24. The van der Waals surface area contributed by atoms with Gasteiger partial charge in [0.1, 0.15) is 17.4 Å². The average molecular weight is 256 g/mol. The molecule has 17 heavy (non-hydrogen) atoms. The highest BCUT2D eigenvalue weighted by Crippen LogP contribution is 2.27. The molecule has 0 atom stereocenters. The zero-order valence-corrected chi connectivity index (χ0v) is 10.3. The van der Waals surface area contributed by atoms with Gasteiger partial charge in [0.2, 0.25) is 0 Å². The molecule has 0 radical (unpaired) electrons. The number of pyridine rings is 1. The van der Waals surface area contributed by atoms with Crippen LogP contribution in [0.5, 0.6) is 0 Å². The SMILES string of the molecule is Cl.N#Cc1ccc(CC2(F)CCNCC2)cn1. The molecular weight excluding hydrogens is 241 g/mol. The summed E-state index contributed by atoms with van der Waals surface area (Å²) in [5.41, 5.74) is 0.131. The Hall–Kier alpha value is -1.18. The van der Waals surface area contributed by atoms with E-state index in [2.05, 4.69) is 10.3 Å². The number of nitrogens with one attached hydrogen (secondary N) is 1. The van der Waals surface area contributed by atoms with Gasteiger partial charge in [0.15, 0.2) is 0 Å². The maximum Gasteiger partial charge on any atom is 0.140 e. The summed E-state index contributed by atoms with van der Waals surface area (Å²) in [7, 11) is 0. The van der Waals surface area contributed by atoms with Crippen molar-refractivity contribution >= 4 is 12.4 Å². The third-order valence-corrected chi connectivity index (χ3v) is 2.96. The van der Waals surface area contributed by atoms with E-state index in [1.807, 2.05) is 6.07 Å². The Labute approximate surface area is 106 Å². The minimum Gasteiger partial charge on any atom is -0.316 e. The van der Waals surface area contributed by atoms with Gasteiger partial charge in [-0.3, -0.25) is 0 Å². The summed E-state index contributed by atoms with van der Waals surface area (Å²) in [6.07, 6.45) is 3.09. The lowest BCUT2D eigenvalue weighted by atomic mass is 9.88. The molecule has 0 aliphatic carbocycles. The fraction of sp³-hybridized carbons (Fsp3) is 0.500. The molecule has 0 bridgehead atoms. The van der Waals surface area contributed by atoms with Crippen molar-refractivity contribution in [3.05, 3.63) is 29.6 Å². The summed E-state index contributed by atoms with van der Waals surface area (Å²) >= 11 is 0. The van der Waals surface area contributed by atoms with Crippen molar-refractivity contribution in [3.8, 4) is 6.07 Å². The van der Waals surface area contributed by atoms with Crippen LogP contribution in [-0.2, 0) is 6.42 Å². The highest BCUT2D eigenvalue weighted by Gasteiger charge is 2.31. The van der Waals surface area contributed by atoms with E-state index >= 15 is 0 Å². The molecule has 5 heteroatoms. The van der Waals surface area contributed by atoms with Crippen LogP contribution in [0.25, 0.3) is 0 Å². The van der Waals surface area contributed by atoms with Crippen molar-refractivity contribution in [2.45, 2.75) is 24.9 Å². The quantitative estimate of drug-likeness (QED) is 0.880. The lowest BCUT2D eigenvalue weighted by Crippen LogP contribution is -2.40. The summed E-state index contributed by atoms with van der Waals surface area (Å²) in [6, 6.07) is 5.38. The van der Waals surface area contributed by atoms with Crippen LogP contribution in [0.2, 0.25) is 0 Å². The molecule has 1 N–H and O–H groups in total. The Morgan fingerprint density at radius 1 is 1.41 bits per heavy atom. The van der Waals surface area contributed by atoms with Gasteiger partial charge in [0.05, 0.1) is 0 Å². The molecule has 1 fully saturated rings. The van der Waals surface area contributed by atoms with Gasteiger partial charge < -0.3 is 5.32 Å². The molecule has 3 nitrogen and oxygen atoms in total. The lowest BCUT2D eigenvalue weighted by molar-refractivity contribution is 0.116. The van der Waals surface area contributed by atoms with Crippen LogP contribution in [-0.4, -0.2) is 23.7 Å². The van der Waals surface area contributed by atoms with Crippen LogP contribution in [0.15, 0.2) is 18.3 Å². The first-order valence-electron chi connectivity index (χ1n) is 5.47. The second-order valence-corrected chi connectivity index (χ2v) is 4.24. The third kappa shape index (κ3) is 3.65. The zero-order valence-electron chi connectivity index (χ0n) is 9.45.